The van der Waals surface area contributed by atoms with Crippen LogP contribution >= 0.6 is 0 Å². The topological polar surface area (TPSA) is 16.4 Å². The van der Waals surface area contributed by atoms with Crippen LogP contribution in [-0.2, 0) is 10.8 Å². The number of furan rings is 1. The Hall–Kier alpha value is -5.86. The summed E-state index contributed by atoms with van der Waals surface area (Å²) >= 11 is 0. The Morgan fingerprint density at radius 2 is 1.04 bits per heavy atom. The molecular weight excluding hydrogens is 619 g/mol. The Bertz CT molecular complexity index is 2470. The summed E-state index contributed by atoms with van der Waals surface area (Å²) in [5.74, 6) is 0. The number of nitrogens with zero attached hydrogens (tertiary/aromatic N) is 1. The van der Waals surface area contributed by atoms with E-state index in [0.29, 0.717) is 0 Å². The molecule has 1 heterocycles. The molecule has 0 radical (unpaired) electrons. The standard InChI is InChI=1S/C49H41NO/c1-48(2,3)36-23-30-44-40(31-36)39-28-29-42-46(47(39)51-44)45-41(49(42,4)5)17-12-18-43(45)50(37-24-19-34(20-25-37)32-13-8-6-9-14-32)38-26-21-35(22-27-38)33-15-10-7-11-16-33/h6-31H,1-5H3. The van der Waals surface area contributed by atoms with Crippen LogP contribution in [0.5, 0.6) is 0 Å². The zero-order chi connectivity index (χ0) is 34.9. The number of hydrogen-bond acceptors (Lipinski definition) is 2. The lowest BCUT2D eigenvalue weighted by Crippen LogP contribution is -2.16. The van der Waals surface area contributed by atoms with Crippen LogP contribution in [0.2, 0.25) is 0 Å². The predicted molar refractivity (Wildman–Crippen MR) is 216 cm³/mol. The van der Waals surface area contributed by atoms with Crippen LogP contribution in [-0.4, -0.2) is 0 Å². The number of anilines is 3. The smallest absolute Gasteiger partial charge is 0.143 e. The van der Waals surface area contributed by atoms with E-state index in [-0.39, 0.29) is 10.8 Å². The van der Waals surface area contributed by atoms with Gasteiger partial charge in [-0.1, -0.05) is 150 Å². The molecule has 0 aliphatic heterocycles. The minimum Gasteiger partial charge on any atom is -0.455 e. The Balaban J connectivity index is 1.27. The van der Waals surface area contributed by atoms with Crippen LogP contribution in [0.3, 0.4) is 0 Å². The summed E-state index contributed by atoms with van der Waals surface area (Å²) in [5, 5.41) is 2.34. The highest BCUT2D eigenvalue weighted by Crippen LogP contribution is 2.57. The van der Waals surface area contributed by atoms with E-state index in [0.717, 1.165) is 28.2 Å². The molecule has 0 spiro atoms. The molecule has 2 nitrogen and oxygen atoms in total. The fraction of sp³-hybridized carbons (Fsp3) is 0.143. The van der Waals surface area contributed by atoms with Crippen molar-refractivity contribution in [2.45, 2.75) is 45.4 Å². The minimum atomic E-state index is -0.204. The highest BCUT2D eigenvalue weighted by molar-refractivity contribution is 6.13. The first-order valence-electron chi connectivity index (χ1n) is 17.9. The van der Waals surface area contributed by atoms with Crippen LogP contribution in [0, 0.1) is 0 Å². The fourth-order valence-electron chi connectivity index (χ4n) is 8.03. The predicted octanol–water partition coefficient (Wildman–Crippen LogP) is 14.0. The molecule has 1 aliphatic rings. The van der Waals surface area contributed by atoms with E-state index < -0.39 is 0 Å². The van der Waals surface area contributed by atoms with Gasteiger partial charge in [0.1, 0.15) is 11.2 Å². The Kier molecular flexibility index (Phi) is 7.09. The molecular formula is C49H41NO. The van der Waals surface area contributed by atoms with Gasteiger partial charge in [-0.2, -0.15) is 0 Å². The second kappa shape index (κ2) is 11.6. The third kappa shape index (κ3) is 5.09. The van der Waals surface area contributed by atoms with E-state index in [9.17, 15) is 0 Å². The Morgan fingerprint density at radius 3 is 1.61 bits per heavy atom. The first kappa shape index (κ1) is 31.1. The van der Waals surface area contributed by atoms with Gasteiger partial charge in [-0.05, 0) is 86.8 Å². The van der Waals surface area contributed by atoms with Gasteiger partial charge in [-0.15, -0.1) is 0 Å². The van der Waals surface area contributed by atoms with Gasteiger partial charge < -0.3 is 9.32 Å². The Labute approximate surface area is 300 Å². The number of benzene rings is 7. The highest BCUT2D eigenvalue weighted by atomic mass is 16.3. The monoisotopic (exact) mass is 659 g/mol. The maximum atomic E-state index is 6.87. The van der Waals surface area contributed by atoms with Gasteiger partial charge in [0.05, 0.1) is 5.69 Å². The third-order valence-corrected chi connectivity index (χ3v) is 10.9. The Morgan fingerprint density at radius 1 is 0.490 bits per heavy atom. The van der Waals surface area contributed by atoms with Gasteiger partial charge in [0, 0.05) is 38.7 Å². The van der Waals surface area contributed by atoms with Gasteiger partial charge in [-0.3, -0.25) is 0 Å². The van der Waals surface area contributed by atoms with E-state index in [2.05, 4.69) is 197 Å². The molecule has 0 saturated carbocycles. The summed E-state index contributed by atoms with van der Waals surface area (Å²) < 4.78 is 6.87. The fourth-order valence-corrected chi connectivity index (χ4v) is 8.03. The zero-order valence-corrected chi connectivity index (χ0v) is 29.9. The number of fused-ring (bicyclic) bond motifs is 7. The second-order valence-electron chi connectivity index (χ2n) is 15.4. The number of rotatable bonds is 5. The molecule has 0 unspecified atom stereocenters. The molecule has 7 aromatic carbocycles. The lowest BCUT2D eigenvalue weighted by atomic mass is 9.82. The van der Waals surface area contributed by atoms with Gasteiger partial charge >= 0.3 is 0 Å². The molecule has 51 heavy (non-hydrogen) atoms. The number of hydrogen-bond donors (Lipinski definition) is 0. The van der Waals surface area contributed by atoms with Gasteiger partial charge in [0.15, 0.2) is 0 Å². The van der Waals surface area contributed by atoms with Crippen molar-refractivity contribution in [1.82, 2.24) is 0 Å². The molecule has 1 aliphatic carbocycles. The van der Waals surface area contributed by atoms with Crippen molar-refractivity contribution >= 4 is 39.0 Å². The van der Waals surface area contributed by atoms with Crippen molar-refractivity contribution in [3.8, 4) is 33.4 Å². The summed E-state index contributed by atoms with van der Waals surface area (Å²) in [6, 6.07) is 57.3. The average molecular weight is 660 g/mol. The van der Waals surface area contributed by atoms with Gasteiger partial charge in [-0.25, -0.2) is 0 Å². The SMILES string of the molecule is CC(C)(C)c1ccc2oc3c4c(ccc3c2c1)C(C)(C)c1cccc(N(c2ccc(-c3ccccc3)cc2)c2ccc(-c3ccccc3)cc2)c1-4. The van der Waals surface area contributed by atoms with E-state index in [1.807, 2.05) is 0 Å². The summed E-state index contributed by atoms with van der Waals surface area (Å²) in [7, 11) is 0. The molecule has 0 N–H and O–H groups in total. The lowest BCUT2D eigenvalue weighted by molar-refractivity contribution is 0.590. The second-order valence-corrected chi connectivity index (χ2v) is 15.4. The van der Waals surface area contributed by atoms with E-state index in [4.69, 9.17) is 4.42 Å². The van der Waals surface area contributed by atoms with E-state index in [1.165, 1.54) is 60.8 Å². The average Bonchev–Trinajstić information content (AvgIpc) is 3.65. The zero-order valence-electron chi connectivity index (χ0n) is 29.9. The van der Waals surface area contributed by atoms with E-state index in [1.54, 1.807) is 0 Å². The van der Waals surface area contributed by atoms with Crippen molar-refractivity contribution in [3.05, 3.63) is 174 Å². The normalized spacial score (nSPS) is 13.4. The maximum absolute atomic E-state index is 6.87. The van der Waals surface area contributed by atoms with Crippen molar-refractivity contribution in [2.75, 3.05) is 4.90 Å². The van der Waals surface area contributed by atoms with Crippen LogP contribution in [0.1, 0.15) is 51.3 Å². The van der Waals surface area contributed by atoms with Crippen LogP contribution < -0.4 is 4.90 Å². The van der Waals surface area contributed by atoms with Crippen LogP contribution in [0.25, 0.3) is 55.3 Å². The molecule has 2 heteroatoms. The van der Waals surface area contributed by atoms with E-state index >= 15 is 0 Å². The van der Waals surface area contributed by atoms with Crippen LogP contribution in [0.4, 0.5) is 17.1 Å². The van der Waals surface area contributed by atoms with Gasteiger partial charge in [0.2, 0.25) is 0 Å². The largest absolute Gasteiger partial charge is 0.455 e. The van der Waals surface area contributed by atoms with Crippen molar-refractivity contribution in [3.63, 3.8) is 0 Å². The molecule has 248 valence electrons. The van der Waals surface area contributed by atoms with Crippen molar-refractivity contribution < 1.29 is 4.42 Å². The molecule has 0 fully saturated rings. The first-order valence-corrected chi connectivity index (χ1v) is 17.9. The molecule has 8 aromatic rings. The molecule has 0 saturated heterocycles. The van der Waals surface area contributed by atoms with Gasteiger partial charge in [0.25, 0.3) is 0 Å². The minimum absolute atomic E-state index is 0.0445. The quantitative estimate of drug-likeness (QED) is 0.183. The van der Waals surface area contributed by atoms with Crippen LogP contribution in [0.15, 0.2) is 162 Å². The summed E-state index contributed by atoms with van der Waals surface area (Å²) in [4.78, 5) is 2.42. The lowest BCUT2D eigenvalue weighted by Gasteiger charge is -2.29. The third-order valence-electron chi connectivity index (χ3n) is 10.9. The summed E-state index contributed by atoms with van der Waals surface area (Å²) in [5.41, 5.74) is 16.2. The molecule has 9 rings (SSSR count). The van der Waals surface area contributed by atoms with Crippen molar-refractivity contribution in [2.24, 2.45) is 0 Å². The molecule has 0 bridgehead atoms. The highest BCUT2D eigenvalue weighted by Gasteiger charge is 2.40. The molecule has 0 amide bonds. The van der Waals surface area contributed by atoms with Crippen molar-refractivity contribution in [1.29, 1.82) is 0 Å². The first-order chi connectivity index (χ1) is 24.7. The maximum Gasteiger partial charge on any atom is 0.143 e. The molecule has 1 aromatic heterocycles. The summed E-state index contributed by atoms with van der Waals surface area (Å²) in [6.07, 6.45) is 0. The molecule has 0 atom stereocenters. The summed E-state index contributed by atoms with van der Waals surface area (Å²) in [6.45, 7) is 11.5.